The van der Waals surface area contributed by atoms with Crippen molar-refractivity contribution in [2.45, 2.75) is 13.5 Å². The number of halogens is 1. The Labute approximate surface area is 113 Å². The molecule has 0 bridgehead atoms. The number of carbonyl (C=O) groups is 1. The molecule has 0 aliphatic rings. The predicted octanol–water partition coefficient (Wildman–Crippen LogP) is 1.27. The number of aryl methyl sites for hydroxylation is 1. The SMILES string of the molecule is Cc1nc(O)c(O)c(C(=O)NCc2cccc(F)c2)n1. The van der Waals surface area contributed by atoms with Gasteiger partial charge in [-0.1, -0.05) is 12.1 Å². The number of amides is 1. The van der Waals surface area contributed by atoms with Crippen LogP contribution in [0.3, 0.4) is 0 Å². The molecule has 0 aliphatic heterocycles. The Balaban J connectivity index is 2.13. The molecule has 1 amide bonds. The maximum Gasteiger partial charge on any atom is 0.274 e. The highest BCUT2D eigenvalue weighted by molar-refractivity contribution is 5.95. The van der Waals surface area contributed by atoms with Gasteiger partial charge in [-0.2, -0.15) is 4.98 Å². The lowest BCUT2D eigenvalue weighted by atomic mass is 10.2. The van der Waals surface area contributed by atoms with Gasteiger partial charge in [0.05, 0.1) is 0 Å². The average molecular weight is 277 g/mol. The molecule has 0 unspecified atom stereocenters. The molecule has 6 nitrogen and oxygen atoms in total. The highest BCUT2D eigenvalue weighted by Gasteiger charge is 2.18. The van der Waals surface area contributed by atoms with Gasteiger partial charge in [0.1, 0.15) is 11.6 Å². The van der Waals surface area contributed by atoms with E-state index in [0.29, 0.717) is 5.56 Å². The molecule has 1 heterocycles. The summed E-state index contributed by atoms with van der Waals surface area (Å²) in [6, 6.07) is 5.74. The Hall–Kier alpha value is -2.70. The van der Waals surface area contributed by atoms with Crippen molar-refractivity contribution < 1.29 is 19.4 Å². The quantitative estimate of drug-likeness (QED) is 0.785. The Morgan fingerprint density at radius 3 is 2.80 bits per heavy atom. The average Bonchev–Trinajstić information content (AvgIpc) is 2.40. The molecule has 1 aromatic heterocycles. The van der Waals surface area contributed by atoms with Gasteiger partial charge in [0.15, 0.2) is 5.69 Å². The van der Waals surface area contributed by atoms with Gasteiger partial charge in [0, 0.05) is 6.54 Å². The number of benzene rings is 1. The van der Waals surface area contributed by atoms with Gasteiger partial charge >= 0.3 is 0 Å². The van der Waals surface area contributed by atoms with E-state index in [-0.39, 0.29) is 18.1 Å². The van der Waals surface area contributed by atoms with Gasteiger partial charge in [-0.3, -0.25) is 4.79 Å². The maximum absolute atomic E-state index is 13.0. The molecule has 104 valence electrons. The van der Waals surface area contributed by atoms with Gasteiger partial charge in [0.2, 0.25) is 5.75 Å². The van der Waals surface area contributed by atoms with Crippen LogP contribution in [0.5, 0.6) is 11.6 Å². The lowest BCUT2D eigenvalue weighted by molar-refractivity contribution is 0.0941. The first-order valence-corrected chi connectivity index (χ1v) is 5.76. The number of aromatic hydroxyl groups is 2. The highest BCUT2D eigenvalue weighted by atomic mass is 19.1. The van der Waals surface area contributed by atoms with Crippen molar-refractivity contribution in [1.29, 1.82) is 0 Å². The van der Waals surface area contributed by atoms with E-state index in [1.54, 1.807) is 6.07 Å². The van der Waals surface area contributed by atoms with Crippen LogP contribution in [0.1, 0.15) is 21.9 Å². The van der Waals surface area contributed by atoms with E-state index in [1.165, 1.54) is 25.1 Å². The van der Waals surface area contributed by atoms with E-state index in [2.05, 4.69) is 15.3 Å². The van der Waals surface area contributed by atoms with Crippen LogP contribution in [0.4, 0.5) is 4.39 Å². The summed E-state index contributed by atoms with van der Waals surface area (Å²) in [5.41, 5.74) is 0.235. The first-order valence-electron chi connectivity index (χ1n) is 5.76. The second-order valence-corrected chi connectivity index (χ2v) is 4.10. The van der Waals surface area contributed by atoms with Crippen LogP contribution in [-0.2, 0) is 6.54 Å². The summed E-state index contributed by atoms with van der Waals surface area (Å²) in [6.07, 6.45) is 0. The predicted molar refractivity (Wildman–Crippen MR) is 67.7 cm³/mol. The minimum Gasteiger partial charge on any atom is -0.501 e. The molecular formula is C13H12FN3O3. The van der Waals surface area contributed by atoms with Gasteiger partial charge < -0.3 is 15.5 Å². The summed E-state index contributed by atoms with van der Waals surface area (Å²) in [5.74, 6) is -2.29. The van der Waals surface area contributed by atoms with Crippen molar-refractivity contribution >= 4 is 5.91 Å². The lowest BCUT2D eigenvalue weighted by Crippen LogP contribution is -2.24. The third-order valence-corrected chi connectivity index (χ3v) is 2.53. The van der Waals surface area contributed by atoms with Crippen molar-refractivity contribution in [2.75, 3.05) is 0 Å². The molecule has 2 rings (SSSR count). The summed E-state index contributed by atoms with van der Waals surface area (Å²) in [6.45, 7) is 1.54. The zero-order valence-corrected chi connectivity index (χ0v) is 10.6. The summed E-state index contributed by atoms with van der Waals surface area (Å²) in [5, 5.41) is 21.3. The first kappa shape index (κ1) is 13.7. The minimum atomic E-state index is -0.688. The van der Waals surface area contributed by atoms with Gasteiger partial charge in [0.25, 0.3) is 11.8 Å². The Morgan fingerprint density at radius 1 is 1.35 bits per heavy atom. The number of hydrogen-bond donors (Lipinski definition) is 3. The van der Waals surface area contributed by atoms with E-state index in [4.69, 9.17) is 0 Å². The molecule has 0 saturated heterocycles. The zero-order valence-electron chi connectivity index (χ0n) is 10.6. The van der Waals surface area contributed by atoms with Crippen LogP contribution >= 0.6 is 0 Å². The smallest absolute Gasteiger partial charge is 0.274 e. The molecule has 0 radical (unpaired) electrons. The molecule has 0 fully saturated rings. The molecule has 0 spiro atoms. The number of aromatic nitrogens is 2. The van der Waals surface area contributed by atoms with E-state index in [1.807, 2.05) is 0 Å². The number of rotatable bonds is 3. The second kappa shape index (κ2) is 5.52. The Kier molecular flexibility index (Phi) is 3.79. The van der Waals surface area contributed by atoms with E-state index in [0.717, 1.165) is 0 Å². The van der Waals surface area contributed by atoms with Gasteiger partial charge in [-0.25, -0.2) is 9.37 Å². The molecule has 3 N–H and O–H groups in total. The fourth-order valence-electron chi connectivity index (χ4n) is 1.62. The van der Waals surface area contributed by atoms with Crippen LogP contribution < -0.4 is 5.32 Å². The van der Waals surface area contributed by atoms with Crippen LogP contribution in [0, 0.1) is 12.7 Å². The lowest BCUT2D eigenvalue weighted by Gasteiger charge is -2.07. The monoisotopic (exact) mass is 277 g/mol. The molecule has 20 heavy (non-hydrogen) atoms. The van der Waals surface area contributed by atoms with Crippen LogP contribution in [0.25, 0.3) is 0 Å². The molecular weight excluding hydrogens is 265 g/mol. The number of nitrogens with one attached hydrogen (secondary N) is 1. The van der Waals surface area contributed by atoms with E-state index >= 15 is 0 Å². The first-order chi connectivity index (χ1) is 9.47. The molecule has 0 atom stereocenters. The molecule has 0 saturated carbocycles. The van der Waals surface area contributed by atoms with Gasteiger partial charge in [-0.15, -0.1) is 0 Å². The molecule has 0 aliphatic carbocycles. The number of carbonyl (C=O) groups excluding carboxylic acids is 1. The minimum absolute atomic E-state index is 0.0693. The van der Waals surface area contributed by atoms with Crippen molar-refractivity contribution in [2.24, 2.45) is 0 Å². The fraction of sp³-hybridized carbons (Fsp3) is 0.154. The molecule has 7 heteroatoms. The summed E-state index contributed by atoms with van der Waals surface area (Å²) in [4.78, 5) is 19.1. The summed E-state index contributed by atoms with van der Waals surface area (Å²) in [7, 11) is 0. The summed E-state index contributed by atoms with van der Waals surface area (Å²) < 4.78 is 13.0. The zero-order chi connectivity index (χ0) is 14.7. The molecule has 2 aromatic rings. The van der Waals surface area contributed by atoms with Crippen molar-refractivity contribution in [3.05, 3.63) is 47.2 Å². The topological polar surface area (TPSA) is 95.3 Å². The van der Waals surface area contributed by atoms with Gasteiger partial charge in [-0.05, 0) is 24.6 Å². The van der Waals surface area contributed by atoms with Crippen molar-refractivity contribution in [3.8, 4) is 11.6 Å². The Morgan fingerprint density at radius 2 is 2.10 bits per heavy atom. The maximum atomic E-state index is 13.0. The third kappa shape index (κ3) is 3.00. The number of nitrogens with zero attached hydrogens (tertiary/aromatic N) is 2. The van der Waals surface area contributed by atoms with Crippen molar-refractivity contribution in [1.82, 2.24) is 15.3 Å². The highest BCUT2D eigenvalue weighted by Crippen LogP contribution is 2.24. The van der Waals surface area contributed by atoms with E-state index in [9.17, 15) is 19.4 Å². The van der Waals surface area contributed by atoms with Crippen molar-refractivity contribution in [3.63, 3.8) is 0 Å². The van der Waals surface area contributed by atoms with Crippen LogP contribution in [0.15, 0.2) is 24.3 Å². The standard InChI is InChI=1S/C13H12FN3O3/c1-7-16-10(11(18)13(20)17-7)12(19)15-6-8-3-2-4-9(14)5-8/h2-5,18H,6H2,1H3,(H,15,19)(H,16,17,20). The number of hydrogen-bond acceptors (Lipinski definition) is 5. The van der Waals surface area contributed by atoms with Crippen LogP contribution in [0.2, 0.25) is 0 Å². The second-order valence-electron chi connectivity index (χ2n) is 4.10. The fourth-order valence-corrected chi connectivity index (χ4v) is 1.62. The molecule has 1 aromatic carbocycles. The summed E-state index contributed by atoms with van der Waals surface area (Å²) >= 11 is 0. The van der Waals surface area contributed by atoms with Crippen LogP contribution in [-0.4, -0.2) is 26.1 Å². The largest absolute Gasteiger partial charge is 0.501 e. The van der Waals surface area contributed by atoms with E-state index < -0.39 is 23.4 Å². The normalized spacial score (nSPS) is 10.3. The Bertz CT molecular complexity index is 661. The third-order valence-electron chi connectivity index (χ3n) is 2.53.